The molecule has 1 aliphatic heterocycles. The monoisotopic (exact) mass is 355 g/mol. The average Bonchev–Trinajstić information content (AvgIpc) is 3.30. The van der Waals surface area contributed by atoms with Gasteiger partial charge < -0.3 is 14.2 Å². The molecule has 8 heteroatoms. The van der Waals surface area contributed by atoms with Gasteiger partial charge in [0.2, 0.25) is 11.9 Å². The van der Waals surface area contributed by atoms with Gasteiger partial charge in [0.25, 0.3) is 5.91 Å². The maximum atomic E-state index is 12.4. The molecule has 3 aromatic rings. The van der Waals surface area contributed by atoms with Crippen LogP contribution in [0.25, 0.3) is 10.6 Å². The summed E-state index contributed by atoms with van der Waals surface area (Å²) < 4.78 is 15.9. The summed E-state index contributed by atoms with van der Waals surface area (Å²) in [5.41, 5.74) is 1.28. The lowest BCUT2D eigenvalue weighted by molar-refractivity contribution is 0.102. The van der Waals surface area contributed by atoms with Crippen LogP contribution in [0.4, 0.5) is 5.13 Å². The molecule has 25 heavy (non-hydrogen) atoms. The van der Waals surface area contributed by atoms with E-state index in [0.717, 1.165) is 5.56 Å². The highest BCUT2D eigenvalue weighted by atomic mass is 32.1. The van der Waals surface area contributed by atoms with E-state index >= 15 is 0 Å². The van der Waals surface area contributed by atoms with Crippen LogP contribution in [-0.2, 0) is 0 Å². The second-order valence-corrected chi connectivity index (χ2v) is 6.11. The standard InChI is InChI=1S/C17H13N3O4S/c1-22-12-5-3-2-4-11(12)15(21)18-17-20-19-16(25-17)10-6-7-13-14(8-10)24-9-23-13/h2-8H,9H2,1H3,(H,18,20,21). The first kappa shape index (κ1) is 15.4. The first-order chi connectivity index (χ1) is 12.2. The number of hydrogen-bond acceptors (Lipinski definition) is 7. The lowest BCUT2D eigenvalue weighted by Gasteiger charge is -2.06. The van der Waals surface area contributed by atoms with Gasteiger partial charge in [-0.25, -0.2) is 0 Å². The fourth-order valence-electron chi connectivity index (χ4n) is 2.42. The van der Waals surface area contributed by atoms with Crippen molar-refractivity contribution >= 4 is 22.4 Å². The van der Waals surface area contributed by atoms with E-state index in [2.05, 4.69) is 15.5 Å². The summed E-state index contributed by atoms with van der Waals surface area (Å²) >= 11 is 1.28. The molecule has 4 rings (SSSR count). The maximum Gasteiger partial charge on any atom is 0.261 e. The Morgan fingerprint density at radius 1 is 1.16 bits per heavy atom. The molecule has 2 aromatic carbocycles. The van der Waals surface area contributed by atoms with Crippen molar-refractivity contribution in [2.24, 2.45) is 0 Å². The minimum absolute atomic E-state index is 0.217. The van der Waals surface area contributed by atoms with Gasteiger partial charge in [0.05, 0.1) is 12.7 Å². The summed E-state index contributed by atoms with van der Waals surface area (Å²) in [7, 11) is 1.52. The van der Waals surface area contributed by atoms with Gasteiger partial charge in [-0.05, 0) is 30.3 Å². The Bertz CT molecular complexity index is 941. The van der Waals surface area contributed by atoms with Crippen LogP contribution in [0.5, 0.6) is 17.2 Å². The third-order valence-electron chi connectivity index (χ3n) is 3.62. The summed E-state index contributed by atoms with van der Waals surface area (Å²) in [6.45, 7) is 0.217. The summed E-state index contributed by atoms with van der Waals surface area (Å²) in [6, 6.07) is 12.5. The van der Waals surface area contributed by atoms with Gasteiger partial charge >= 0.3 is 0 Å². The molecule has 0 radical (unpaired) electrons. The largest absolute Gasteiger partial charge is 0.496 e. The number of ether oxygens (including phenoxy) is 3. The quantitative estimate of drug-likeness (QED) is 0.774. The second kappa shape index (κ2) is 6.40. The lowest BCUT2D eigenvalue weighted by Crippen LogP contribution is -2.12. The van der Waals surface area contributed by atoms with Gasteiger partial charge in [0.15, 0.2) is 11.5 Å². The van der Waals surface area contributed by atoms with E-state index in [1.54, 1.807) is 24.3 Å². The number of carbonyl (C=O) groups excluding carboxylic acids is 1. The maximum absolute atomic E-state index is 12.4. The molecule has 0 fully saturated rings. The number of nitrogens with zero attached hydrogens (tertiary/aromatic N) is 2. The van der Waals surface area contributed by atoms with E-state index in [4.69, 9.17) is 14.2 Å². The predicted octanol–water partition coefficient (Wildman–Crippen LogP) is 3.19. The zero-order valence-corrected chi connectivity index (χ0v) is 14.0. The molecule has 0 unspecified atom stereocenters. The molecule has 0 atom stereocenters. The summed E-state index contributed by atoms with van der Waals surface area (Å²) in [5.74, 6) is 1.58. The molecule has 0 bridgehead atoms. The van der Waals surface area contributed by atoms with Crippen LogP contribution >= 0.6 is 11.3 Å². The van der Waals surface area contributed by atoms with E-state index in [-0.39, 0.29) is 12.7 Å². The van der Waals surface area contributed by atoms with Gasteiger partial charge in [-0.1, -0.05) is 23.5 Å². The summed E-state index contributed by atoms with van der Waals surface area (Å²) in [4.78, 5) is 12.4. The molecule has 1 amide bonds. The Labute approximate surface area is 147 Å². The number of hydrogen-bond donors (Lipinski definition) is 1. The number of carbonyl (C=O) groups is 1. The van der Waals surface area contributed by atoms with Crippen LogP contribution in [0.15, 0.2) is 42.5 Å². The minimum atomic E-state index is -0.300. The first-order valence-electron chi connectivity index (χ1n) is 7.42. The highest BCUT2D eigenvalue weighted by Crippen LogP contribution is 2.37. The molecule has 0 aliphatic carbocycles. The first-order valence-corrected chi connectivity index (χ1v) is 8.24. The van der Waals surface area contributed by atoms with Crippen molar-refractivity contribution in [3.8, 4) is 27.8 Å². The lowest BCUT2D eigenvalue weighted by atomic mass is 10.2. The van der Waals surface area contributed by atoms with Crippen molar-refractivity contribution in [3.63, 3.8) is 0 Å². The predicted molar refractivity (Wildman–Crippen MR) is 92.4 cm³/mol. The number of amides is 1. The number of para-hydroxylation sites is 1. The number of fused-ring (bicyclic) bond motifs is 1. The van der Waals surface area contributed by atoms with Crippen LogP contribution in [0.1, 0.15) is 10.4 Å². The SMILES string of the molecule is COc1ccccc1C(=O)Nc1nnc(-c2ccc3c(c2)OCO3)s1. The number of anilines is 1. The molecule has 1 aromatic heterocycles. The molecule has 0 saturated heterocycles. The van der Waals surface area contributed by atoms with Crippen LogP contribution in [0, 0.1) is 0 Å². The number of nitrogens with one attached hydrogen (secondary N) is 1. The van der Waals surface area contributed by atoms with E-state index in [0.29, 0.717) is 33.0 Å². The van der Waals surface area contributed by atoms with Gasteiger partial charge in [-0.2, -0.15) is 0 Å². The third kappa shape index (κ3) is 2.99. The molecule has 0 saturated carbocycles. The minimum Gasteiger partial charge on any atom is -0.496 e. The zero-order valence-electron chi connectivity index (χ0n) is 13.2. The van der Waals surface area contributed by atoms with Crippen molar-refractivity contribution < 1.29 is 19.0 Å². The molecular formula is C17H13N3O4S. The molecule has 2 heterocycles. The molecular weight excluding hydrogens is 342 g/mol. The zero-order chi connectivity index (χ0) is 17.2. The molecule has 7 nitrogen and oxygen atoms in total. The Morgan fingerprint density at radius 3 is 2.88 bits per heavy atom. The van der Waals surface area contributed by atoms with E-state index in [1.807, 2.05) is 18.2 Å². The van der Waals surface area contributed by atoms with E-state index in [9.17, 15) is 4.79 Å². The smallest absolute Gasteiger partial charge is 0.261 e. The summed E-state index contributed by atoms with van der Waals surface area (Å²) in [5, 5.41) is 12.0. The van der Waals surface area contributed by atoms with Crippen molar-refractivity contribution in [1.29, 1.82) is 0 Å². The molecule has 1 N–H and O–H groups in total. The van der Waals surface area contributed by atoms with Gasteiger partial charge in [0, 0.05) is 5.56 Å². The fourth-order valence-corrected chi connectivity index (χ4v) is 3.15. The van der Waals surface area contributed by atoms with Crippen molar-refractivity contribution in [2.45, 2.75) is 0 Å². The fraction of sp³-hybridized carbons (Fsp3) is 0.118. The average molecular weight is 355 g/mol. The third-order valence-corrected chi connectivity index (χ3v) is 4.50. The number of benzene rings is 2. The van der Waals surface area contributed by atoms with Crippen molar-refractivity contribution in [2.75, 3.05) is 19.2 Å². The van der Waals surface area contributed by atoms with Gasteiger partial charge in [-0.3, -0.25) is 10.1 Å². The Kier molecular flexibility index (Phi) is 3.95. The highest BCUT2D eigenvalue weighted by Gasteiger charge is 2.17. The number of rotatable bonds is 4. The topological polar surface area (TPSA) is 82.6 Å². The van der Waals surface area contributed by atoms with Crippen molar-refractivity contribution in [1.82, 2.24) is 10.2 Å². The van der Waals surface area contributed by atoms with Crippen LogP contribution in [-0.4, -0.2) is 30.0 Å². The molecule has 0 spiro atoms. The second-order valence-electron chi connectivity index (χ2n) is 5.13. The van der Waals surface area contributed by atoms with Gasteiger partial charge in [0.1, 0.15) is 10.8 Å². The van der Waals surface area contributed by atoms with E-state index in [1.165, 1.54) is 18.4 Å². The highest BCUT2D eigenvalue weighted by molar-refractivity contribution is 7.18. The number of methoxy groups -OCH3 is 1. The van der Waals surface area contributed by atoms with Crippen molar-refractivity contribution in [3.05, 3.63) is 48.0 Å². The van der Waals surface area contributed by atoms with Crippen LogP contribution in [0.2, 0.25) is 0 Å². The molecule has 126 valence electrons. The normalized spacial score (nSPS) is 12.0. The summed E-state index contributed by atoms with van der Waals surface area (Å²) in [6.07, 6.45) is 0. The Morgan fingerprint density at radius 2 is 2.00 bits per heavy atom. The van der Waals surface area contributed by atoms with Crippen LogP contribution in [0.3, 0.4) is 0 Å². The number of aromatic nitrogens is 2. The van der Waals surface area contributed by atoms with Gasteiger partial charge in [-0.15, -0.1) is 10.2 Å². The molecule has 1 aliphatic rings. The van der Waals surface area contributed by atoms with E-state index < -0.39 is 0 Å². The Hall–Kier alpha value is -3.13. The Balaban J connectivity index is 1.54. The van der Waals surface area contributed by atoms with Crippen LogP contribution < -0.4 is 19.5 Å².